The fourth-order valence-corrected chi connectivity index (χ4v) is 9.75. The van der Waals surface area contributed by atoms with Gasteiger partial charge in [0.25, 0.3) is 5.60 Å². The highest BCUT2D eigenvalue weighted by molar-refractivity contribution is 6.23. The second-order valence-corrected chi connectivity index (χ2v) is 15.4. The van der Waals surface area contributed by atoms with Crippen LogP contribution in [0.25, 0.3) is 0 Å². The third kappa shape index (κ3) is 6.78. The summed E-state index contributed by atoms with van der Waals surface area (Å²) in [6.07, 6.45) is 14.8. The van der Waals surface area contributed by atoms with Gasteiger partial charge in [0.15, 0.2) is 17.2 Å². The molecule has 0 radical (unpaired) electrons. The molecule has 0 aromatic rings. The molecule has 0 aromatic carbocycles. The van der Waals surface area contributed by atoms with Crippen LogP contribution >= 0.6 is 0 Å². The Hall–Kier alpha value is -1.65. The lowest BCUT2D eigenvalue weighted by molar-refractivity contribution is -0.159. The summed E-state index contributed by atoms with van der Waals surface area (Å²) in [5.41, 5.74) is 4.76. The van der Waals surface area contributed by atoms with E-state index in [0.29, 0.717) is 18.8 Å². The number of rotatable bonds is 15. The number of allylic oxidation sites excluding steroid dienone is 1. The molecule has 5 fully saturated rings. The highest BCUT2D eigenvalue weighted by atomic mass is 16.7. The molecule has 0 aromatic heterocycles. The van der Waals surface area contributed by atoms with Crippen molar-refractivity contribution in [2.24, 2.45) is 34.8 Å². The molecule has 4 unspecified atom stereocenters. The number of Topliss-reactive ketones (excluding diaryl/α,β-unsaturated/α-hetero) is 2. The number of nitrogens with one attached hydrogen (secondary N) is 2. The fourth-order valence-electron chi connectivity index (χ4n) is 9.75. The zero-order valence-electron chi connectivity index (χ0n) is 28.8. The van der Waals surface area contributed by atoms with Gasteiger partial charge in [-0.25, -0.2) is 4.79 Å². The molecule has 2 heterocycles. The summed E-state index contributed by atoms with van der Waals surface area (Å²) in [6.45, 7) is 8.67. The number of nitrogens with two attached hydrogens (primary N) is 1. The van der Waals surface area contributed by atoms with E-state index in [0.717, 1.165) is 95.0 Å². The van der Waals surface area contributed by atoms with Crippen LogP contribution in [0.3, 0.4) is 0 Å². The van der Waals surface area contributed by atoms with Gasteiger partial charge in [-0.2, -0.15) is 0 Å². The Kier molecular flexibility index (Phi) is 11.8. The molecule has 5 N–H and O–H groups in total. The molecule has 3 saturated carbocycles. The van der Waals surface area contributed by atoms with Crippen molar-refractivity contribution in [3.05, 3.63) is 11.1 Å². The van der Waals surface area contributed by atoms with Crippen LogP contribution in [0.1, 0.15) is 124 Å². The maximum atomic E-state index is 14.4. The van der Waals surface area contributed by atoms with E-state index in [4.69, 9.17) is 15.2 Å². The van der Waals surface area contributed by atoms with Gasteiger partial charge in [0.2, 0.25) is 0 Å². The van der Waals surface area contributed by atoms with E-state index in [-0.39, 0.29) is 48.7 Å². The van der Waals surface area contributed by atoms with Gasteiger partial charge < -0.3 is 30.9 Å². The lowest BCUT2D eigenvalue weighted by Crippen LogP contribution is -2.58. The number of aliphatic hydroxyl groups excluding tert-OH is 1. The third-order valence-corrected chi connectivity index (χ3v) is 12.5. The molecule has 2 aliphatic heterocycles. The zero-order chi connectivity index (χ0) is 33.0. The minimum absolute atomic E-state index is 0.00170. The Bertz CT molecular complexity index is 1130. The van der Waals surface area contributed by atoms with Gasteiger partial charge in [0, 0.05) is 30.7 Å². The van der Waals surface area contributed by atoms with E-state index in [1.165, 1.54) is 19.3 Å². The van der Waals surface area contributed by atoms with E-state index in [1.807, 2.05) is 6.92 Å². The first-order chi connectivity index (χ1) is 22.2. The molecule has 7 atom stereocenters. The van der Waals surface area contributed by atoms with E-state index in [1.54, 1.807) is 0 Å². The number of aliphatic hydroxyl groups is 1. The van der Waals surface area contributed by atoms with Crippen LogP contribution in [0.5, 0.6) is 0 Å². The van der Waals surface area contributed by atoms with E-state index in [9.17, 15) is 19.5 Å². The number of hydrogen-bond acceptors (Lipinski definition) is 9. The first-order valence-electron chi connectivity index (χ1n) is 18.6. The number of piperidine rings is 1. The Morgan fingerprint density at radius 3 is 2.43 bits per heavy atom. The van der Waals surface area contributed by atoms with Crippen LogP contribution in [0, 0.1) is 29.1 Å². The van der Waals surface area contributed by atoms with Crippen molar-refractivity contribution >= 4 is 17.5 Å². The number of hydrogen-bond donors (Lipinski definition) is 4. The molecule has 5 rings (SSSR count). The van der Waals surface area contributed by atoms with Gasteiger partial charge >= 0.3 is 5.97 Å². The number of ether oxygens (including phenoxy) is 2. The first kappa shape index (κ1) is 35.7. The van der Waals surface area contributed by atoms with Crippen LogP contribution < -0.4 is 16.4 Å². The average molecular weight is 644 g/mol. The summed E-state index contributed by atoms with van der Waals surface area (Å²) in [6, 6.07) is 0. The van der Waals surface area contributed by atoms with Crippen LogP contribution in [-0.4, -0.2) is 72.9 Å². The Morgan fingerprint density at radius 1 is 1.07 bits per heavy atom. The lowest BCUT2D eigenvalue weighted by atomic mass is 9.59. The molecule has 0 spiro atoms. The molecule has 2 saturated heterocycles. The summed E-state index contributed by atoms with van der Waals surface area (Å²) in [7, 11) is 0. The minimum atomic E-state index is -1.90. The largest absolute Gasteiger partial charge is 0.463 e. The molecule has 0 amide bonds. The second-order valence-electron chi connectivity index (χ2n) is 15.4. The summed E-state index contributed by atoms with van der Waals surface area (Å²) in [5.74, 6) is -1.45. The quantitative estimate of drug-likeness (QED) is 0.0862. The maximum Gasteiger partial charge on any atom is 0.350 e. The SMILES string of the molecule is CCCC[C@H](CNCC)COC(=O)[C@]12O[C@@]1(CC(CO)=C(C)CC1(C3CCNC(N)C3)CCCCC1)C(=O)C1CCCCC1C2=O. The van der Waals surface area contributed by atoms with E-state index >= 15 is 0 Å². The van der Waals surface area contributed by atoms with Crippen molar-refractivity contribution < 1.29 is 29.0 Å². The van der Waals surface area contributed by atoms with Crippen molar-refractivity contribution in [1.29, 1.82) is 0 Å². The van der Waals surface area contributed by atoms with Crippen molar-refractivity contribution in [2.45, 2.75) is 141 Å². The van der Waals surface area contributed by atoms with Gasteiger partial charge in [-0.3, -0.25) is 9.59 Å². The van der Waals surface area contributed by atoms with Gasteiger partial charge in [-0.05, 0) is 88.3 Å². The normalized spacial score (nSPS) is 35.1. The molecule has 0 bridgehead atoms. The highest BCUT2D eigenvalue weighted by Crippen LogP contribution is 2.62. The standard InChI is InChI=1S/C37H61N3O6/c1-4-6-12-26(22-39-5-2)24-45-34(44)37-33(43)30-14-9-8-13-29(30)32(42)36(37,46-37)21-27(23-41)25(3)20-35(16-10-7-11-17-35)28-15-18-40-31(38)19-28/h26,28-31,39-41H,4-24,38H2,1-3H3/t26-,28?,29?,30?,31?,36+,37+/m1/s1. The summed E-state index contributed by atoms with van der Waals surface area (Å²) in [4.78, 5) is 42.7. The Morgan fingerprint density at radius 2 is 1.78 bits per heavy atom. The number of epoxide rings is 1. The molecule has 3 aliphatic carbocycles. The predicted octanol–water partition coefficient (Wildman–Crippen LogP) is 4.74. The third-order valence-electron chi connectivity index (χ3n) is 12.5. The molecule has 260 valence electrons. The van der Waals surface area contributed by atoms with Gasteiger partial charge in [0.1, 0.15) is 0 Å². The monoisotopic (exact) mass is 643 g/mol. The summed E-state index contributed by atoms with van der Waals surface area (Å²) < 4.78 is 12.2. The Labute approximate surface area is 276 Å². The van der Waals surface area contributed by atoms with Crippen molar-refractivity contribution in [1.82, 2.24) is 10.6 Å². The van der Waals surface area contributed by atoms with Crippen LogP contribution in [-0.2, 0) is 23.9 Å². The minimum Gasteiger partial charge on any atom is -0.463 e. The van der Waals surface area contributed by atoms with Gasteiger partial charge in [-0.15, -0.1) is 0 Å². The molecule has 9 nitrogen and oxygen atoms in total. The topological polar surface area (TPSA) is 143 Å². The van der Waals surface area contributed by atoms with Crippen molar-refractivity contribution in [3.63, 3.8) is 0 Å². The molecule has 9 heteroatoms. The second kappa shape index (κ2) is 15.3. The average Bonchev–Trinajstić information content (AvgIpc) is 3.77. The number of esters is 1. The van der Waals surface area contributed by atoms with Crippen molar-refractivity contribution in [2.75, 3.05) is 32.8 Å². The predicted molar refractivity (Wildman–Crippen MR) is 178 cm³/mol. The number of carbonyl (C=O) groups excluding carboxylic acids is 3. The molecular weight excluding hydrogens is 582 g/mol. The fraction of sp³-hybridized carbons (Fsp3) is 0.865. The molecule has 46 heavy (non-hydrogen) atoms. The lowest BCUT2D eigenvalue weighted by Gasteiger charge is -2.47. The molecular formula is C37H61N3O6. The van der Waals surface area contributed by atoms with Crippen LogP contribution in [0.15, 0.2) is 11.1 Å². The van der Waals surface area contributed by atoms with Crippen LogP contribution in [0.4, 0.5) is 0 Å². The van der Waals surface area contributed by atoms with Crippen LogP contribution in [0.2, 0.25) is 0 Å². The molecule has 5 aliphatic rings. The summed E-state index contributed by atoms with van der Waals surface area (Å²) in [5, 5.41) is 17.6. The van der Waals surface area contributed by atoms with Crippen molar-refractivity contribution in [3.8, 4) is 0 Å². The number of fused-ring (bicyclic) bond motifs is 2. The number of carbonyl (C=O) groups is 3. The first-order valence-corrected chi connectivity index (χ1v) is 18.6. The highest BCUT2D eigenvalue weighted by Gasteiger charge is 2.87. The zero-order valence-corrected chi connectivity index (χ0v) is 28.8. The van der Waals surface area contributed by atoms with Gasteiger partial charge in [0.05, 0.1) is 19.4 Å². The maximum absolute atomic E-state index is 14.4. The number of unbranched alkanes of at least 4 members (excludes halogenated alkanes) is 1. The van der Waals surface area contributed by atoms with Gasteiger partial charge in [-0.1, -0.05) is 64.4 Å². The van der Waals surface area contributed by atoms with E-state index < -0.39 is 29.0 Å². The summed E-state index contributed by atoms with van der Waals surface area (Å²) >= 11 is 0. The number of ketones is 2. The van der Waals surface area contributed by atoms with E-state index in [2.05, 4.69) is 24.5 Å². The Balaban J connectivity index is 1.42. The smallest absolute Gasteiger partial charge is 0.350 e.